The zero-order valence-electron chi connectivity index (χ0n) is 11.8. The van der Waals surface area contributed by atoms with E-state index in [1.165, 1.54) is 56.1 Å². The molecule has 2 heterocycles. The van der Waals surface area contributed by atoms with Crippen LogP contribution < -0.4 is 0 Å². The fraction of sp³-hybridized carbons (Fsp3) is 0.588. The number of hydrogen-bond donors (Lipinski definition) is 1. The molecule has 0 spiro atoms. The Kier molecular flexibility index (Phi) is 3.03. The van der Waals surface area contributed by atoms with Crippen LogP contribution in [0, 0.1) is 5.92 Å². The van der Waals surface area contributed by atoms with Crippen LogP contribution in [0.4, 0.5) is 0 Å². The van der Waals surface area contributed by atoms with Crippen molar-refractivity contribution < 1.29 is 5.11 Å². The van der Waals surface area contributed by atoms with Crippen LogP contribution in [-0.4, -0.2) is 14.5 Å². The second-order valence-corrected chi connectivity index (χ2v) is 6.49. The molecule has 0 radical (unpaired) electrons. The maximum Gasteiger partial charge on any atom is 0.0992 e. The van der Waals surface area contributed by atoms with E-state index in [0.717, 1.165) is 5.52 Å². The van der Waals surface area contributed by atoms with Gasteiger partial charge in [0.1, 0.15) is 0 Å². The lowest BCUT2D eigenvalue weighted by molar-refractivity contribution is 0.0850. The lowest BCUT2D eigenvalue weighted by Crippen LogP contribution is -2.18. The number of hydrogen-bond acceptors (Lipinski definition) is 2. The van der Waals surface area contributed by atoms with Crippen LogP contribution in [0.3, 0.4) is 0 Å². The smallest absolute Gasteiger partial charge is 0.0992 e. The number of pyridine rings is 1. The monoisotopic (exact) mass is 270 g/mol. The van der Waals surface area contributed by atoms with Crippen molar-refractivity contribution in [2.24, 2.45) is 5.92 Å². The van der Waals surface area contributed by atoms with Gasteiger partial charge in [-0.05, 0) is 49.1 Å². The Hall–Kier alpha value is -1.35. The molecule has 0 unspecified atom stereocenters. The van der Waals surface area contributed by atoms with Crippen LogP contribution in [0.25, 0.3) is 5.52 Å². The van der Waals surface area contributed by atoms with Gasteiger partial charge >= 0.3 is 0 Å². The summed E-state index contributed by atoms with van der Waals surface area (Å²) in [6.45, 7) is 0. The van der Waals surface area contributed by atoms with Gasteiger partial charge in [0.2, 0.25) is 0 Å². The highest BCUT2D eigenvalue weighted by molar-refractivity contribution is 5.59. The predicted octanol–water partition coefficient (Wildman–Crippen LogP) is 3.83. The lowest BCUT2D eigenvalue weighted by atomic mass is 9.81. The lowest BCUT2D eigenvalue weighted by Gasteiger charge is -2.28. The minimum Gasteiger partial charge on any atom is -0.388 e. The number of rotatable bonds is 3. The van der Waals surface area contributed by atoms with Crippen molar-refractivity contribution in [2.45, 2.75) is 57.0 Å². The third-order valence-corrected chi connectivity index (χ3v) is 5.08. The summed E-state index contributed by atoms with van der Waals surface area (Å²) in [7, 11) is 0. The van der Waals surface area contributed by atoms with E-state index in [-0.39, 0.29) is 6.10 Å². The average Bonchev–Trinajstić information content (AvgIpc) is 3.23. The van der Waals surface area contributed by atoms with E-state index < -0.39 is 0 Å². The van der Waals surface area contributed by atoms with Crippen molar-refractivity contribution in [1.29, 1.82) is 0 Å². The molecule has 2 aromatic rings. The first-order valence-corrected chi connectivity index (χ1v) is 7.97. The van der Waals surface area contributed by atoms with Gasteiger partial charge in [-0.15, -0.1) is 0 Å². The quantitative estimate of drug-likeness (QED) is 0.920. The Morgan fingerprint density at radius 3 is 2.70 bits per heavy atom. The standard InChI is InChI=1S/C17H22N2O/c20-17(13-4-2-1-3-5-13)16-14(12-6-7-12)8-9-19-11-18-10-15(16)19/h8-13,17,20H,1-7H2/t17-/m0/s1. The molecule has 2 fully saturated rings. The first-order valence-electron chi connectivity index (χ1n) is 7.97. The third-order valence-electron chi connectivity index (χ3n) is 5.08. The van der Waals surface area contributed by atoms with Crippen LogP contribution in [-0.2, 0) is 0 Å². The van der Waals surface area contributed by atoms with Gasteiger partial charge in [-0.3, -0.25) is 0 Å². The zero-order valence-corrected chi connectivity index (χ0v) is 11.8. The summed E-state index contributed by atoms with van der Waals surface area (Å²) in [5.74, 6) is 1.10. The predicted molar refractivity (Wildman–Crippen MR) is 78.7 cm³/mol. The molecule has 2 saturated carbocycles. The fourth-order valence-electron chi connectivity index (χ4n) is 3.79. The van der Waals surface area contributed by atoms with Gasteiger partial charge in [-0.1, -0.05) is 19.3 Å². The molecule has 2 aliphatic rings. The topological polar surface area (TPSA) is 37.5 Å². The highest BCUT2D eigenvalue weighted by Crippen LogP contribution is 2.46. The Bertz CT molecular complexity index is 608. The number of nitrogens with zero attached hydrogens (tertiary/aromatic N) is 2. The van der Waals surface area contributed by atoms with Gasteiger partial charge < -0.3 is 9.51 Å². The van der Waals surface area contributed by atoms with Crippen molar-refractivity contribution in [3.8, 4) is 0 Å². The molecule has 0 aliphatic heterocycles. The van der Waals surface area contributed by atoms with Crippen LogP contribution in [0.1, 0.15) is 68.1 Å². The normalized spacial score (nSPS) is 22.2. The van der Waals surface area contributed by atoms with Gasteiger partial charge in [0, 0.05) is 11.8 Å². The van der Waals surface area contributed by atoms with Gasteiger partial charge in [0.05, 0.1) is 24.1 Å². The molecule has 3 nitrogen and oxygen atoms in total. The SMILES string of the molecule is O[C@H](c1c(C2CC2)ccn2cncc12)C1CCCCC1. The molecule has 1 N–H and O–H groups in total. The summed E-state index contributed by atoms with van der Waals surface area (Å²) < 4.78 is 2.05. The number of aliphatic hydroxyl groups excluding tert-OH is 1. The molecule has 1 atom stereocenters. The van der Waals surface area contributed by atoms with Crippen LogP contribution in [0.2, 0.25) is 0 Å². The number of fused-ring (bicyclic) bond motifs is 1. The first kappa shape index (κ1) is 12.4. The molecule has 0 saturated heterocycles. The van der Waals surface area contributed by atoms with Gasteiger partial charge in [0.25, 0.3) is 0 Å². The molecule has 106 valence electrons. The largest absolute Gasteiger partial charge is 0.388 e. The molecule has 0 amide bonds. The van der Waals surface area contributed by atoms with E-state index in [1.54, 1.807) is 0 Å². The number of aromatic nitrogens is 2. The van der Waals surface area contributed by atoms with Crippen LogP contribution >= 0.6 is 0 Å². The van der Waals surface area contributed by atoms with Crippen molar-refractivity contribution in [1.82, 2.24) is 9.38 Å². The summed E-state index contributed by atoms with van der Waals surface area (Å²) in [4.78, 5) is 4.26. The molecule has 0 aromatic carbocycles. The van der Waals surface area contributed by atoms with E-state index >= 15 is 0 Å². The van der Waals surface area contributed by atoms with Crippen molar-refractivity contribution in [2.75, 3.05) is 0 Å². The van der Waals surface area contributed by atoms with Crippen LogP contribution in [0.15, 0.2) is 24.8 Å². The summed E-state index contributed by atoms with van der Waals surface area (Å²) in [5, 5.41) is 11.0. The van der Waals surface area contributed by atoms with Crippen molar-refractivity contribution in [3.63, 3.8) is 0 Å². The summed E-state index contributed by atoms with van der Waals surface area (Å²) >= 11 is 0. The van der Waals surface area contributed by atoms with Gasteiger partial charge in [0.15, 0.2) is 0 Å². The number of aliphatic hydroxyl groups is 1. The average molecular weight is 270 g/mol. The number of imidazole rings is 1. The van der Waals surface area contributed by atoms with E-state index in [2.05, 4.69) is 17.2 Å². The highest BCUT2D eigenvalue weighted by Gasteiger charge is 2.32. The zero-order chi connectivity index (χ0) is 13.5. The van der Waals surface area contributed by atoms with Crippen LogP contribution in [0.5, 0.6) is 0 Å². The minimum atomic E-state index is -0.314. The van der Waals surface area contributed by atoms with E-state index in [1.807, 2.05) is 16.9 Å². The van der Waals surface area contributed by atoms with Gasteiger partial charge in [-0.2, -0.15) is 0 Å². The van der Waals surface area contributed by atoms with Crippen molar-refractivity contribution in [3.05, 3.63) is 35.9 Å². The molecule has 2 aliphatic carbocycles. The molecular formula is C17H22N2O. The molecular weight excluding hydrogens is 248 g/mol. The maximum absolute atomic E-state index is 11.0. The minimum absolute atomic E-state index is 0.314. The van der Waals surface area contributed by atoms with E-state index in [4.69, 9.17) is 0 Å². The molecule has 3 heteroatoms. The maximum atomic E-state index is 11.0. The van der Waals surface area contributed by atoms with E-state index in [9.17, 15) is 5.11 Å². The third kappa shape index (κ3) is 2.05. The van der Waals surface area contributed by atoms with E-state index in [0.29, 0.717) is 11.8 Å². The molecule has 20 heavy (non-hydrogen) atoms. The fourth-order valence-corrected chi connectivity index (χ4v) is 3.79. The summed E-state index contributed by atoms with van der Waals surface area (Å²) in [6, 6.07) is 2.20. The van der Waals surface area contributed by atoms with Crippen molar-refractivity contribution >= 4 is 5.52 Å². The highest BCUT2D eigenvalue weighted by atomic mass is 16.3. The summed E-state index contributed by atoms with van der Waals surface area (Å²) in [5.41, 5.74) is 3.64. The second-order valence-electron chi connectivity index (χ2n) is 6.49. The summed E-state index contributed by atoms with van der Waals surface area (Å²) in [6.07, 6.45) is 14.3. The molecule has 4 rings (SSSR count). The Morgan fingerprint density at radius 2 is 1.95 bits per heavy atom. The Morgan fingerprint density at radius 1 is 1.15 bits per heavy atom. The second kappa shape index (κ2) is 4.88. The first-order chi connectivity index (χ1) is 9.84. The Balaban J connectivity index is 1.79. The Labute approximate surface area is 119 Å². The molecule has 0 bridgehead atoms. The van der Waals surface area contributed by atoms with Gasteiger partial charge in [-0.25, -0.2) is 4.98 Å². The molecule has 2 aromatic heterocycles.